The molecule has 1 spiro atoms. The van der Waals surface area contributed by atoms with E-state index in [4.69, 9.17) is 4.99 Å². The molecule has 3 heteroatoms. The summed E-state index contributed by atoms with van der Waals surface area (Å²) in [6, 6.07) is 0.706. The Morgan fingerprint density at radius 3 is 2.84 bits per heavy atom. The van der Waals surface area contributed by atoms with Gasteiger partial charge in [-0.05, 0) is 55.8 Å². The van der Waals surface area contributed by atoms with E-state index in [0.717, 1.165) is 23.8 Å². The zero-order valence-corrected chi connectivity index (χ0v) is 12.2. The summed E-state index contributed by atoms with van der Waals surface area (Å²) in [6.07, 6.45) is 10.1. The topological polar surface area (TPSA) is 27.6 Å². The summed E-state index contributed by atoms with van der Waals surface area (Å²) in [5.41, 5.74) is 0.765. The lowest BCUT2D eigenvalue weighted by Gasteiger charge is -2.56. The van der Waals surface area contributed by atoms with Gasteiger partial charge in [-0.25, -0.2) is 0 Å². The molecule has 0 radical (unpaired) electrons. The van der Waals surface area contributed by atoms with Crippen LogP contribution in [0.15, 0.2) is 4.99 Å². The van der Waals surface area contributed by atoms with E-state index in [9.17, 15) is 0 Å². The van der Waals surface area contributed by atoms with Crippen LogP contribution in [0.25, 0.3) is 0 Å². The molecule has 0 aromatic rings. The number of rotatable bonds is 2. The summed E-state index contributed by atoms with van der Waals surface area (Å²) in [6.45, 7) is 5.80. The first-order valence-electron chi connectivity index (χ1n) is 8.32. The highest BCUT2D eigenvalue weighted by molar-refractivity contribution is 5.82. The van der Waals surface area contributed by atoms with Gasteiger partial charge in [0, 0.05) is 13.1 Å². The number of nitrogens with zero attached hydrogens (tertiary/aromatic N) is 2. The molecule has 0 bridgehead atoms. The number of fused-ring (bicyclic) bond motifs is 1. The quantitative estimate of drug-likeness (QED) is 0.827. The smallest absolute Gasteiger partial charge is 0.194 e. The molecule has 0 aromatic carbocycles. The highest BCUT2D eigenvalue weighted by Gasteiger charge is 2.50. The van der Waals surface area contributed by atoms with Gasteiger partial charge in [-0.2, -0.15) is 0 Å². The molecule has 0 amide bonds. The standard InChI is InChI=1S/C16H27N3/c1-12-3-4-14-10-18-15(19(14)11-12)17-9-13-5-8-16(13)6-2-7-16/h12-14H,2-11H2,1H3,(H,17,18). The average molecular weight is 261 g/mol. The van der Waals surface area contributed by atoms with Crippen LogP contribution in [0.2, 0.25) is 0 Å². The molecular formula is C16H27N3. The normalized spacial score (nSPS) is 39.3. The number of piperidine rings is 1. The number of guanidine groups is 1. The van der Waals surface area contributed by atoms with Crippen molar-refractivity contribution < 1.29 is 0 Å². The molecule has 2 aliphatic heterocycles. The first-order valence-corrected chi connectivity index (χ1v) is 8.32. The van der Waals surface area contributed by atoms with Crippen LogP contribution in [0.1, 0.15) is 51.9 Å². The number of nitrogens with one attached hydrogen (secondary N) is 1. The minimum absolute atomic E-state index is 0.706. The molecule has 4 aliphatic rings. The first kappa shape index (κ1) is 12.0. The van der Waals surface area contributed by atoms with Crippen LogP contribution in [-0.4, -0.2) is 36.5 Å². The Morgan fingerprint density at radius 2 is 2.16 bits per heavy atom. The maximum atomic E-state index is 4.77. The van der Waals surface area contributed by atoms with Crippen LogP contribution in [0.4, 0.5) is 0 Å². The van der Waals surface area contributed by atoms with Gasteiger partial charge in [0.15, 0.2) is 5.96 Å². The van der Waals surface area contributed by atoms with Crippen molar-refractivity contribution in [3.8, 4) is 0 Å². The Balaban J connectivity index is 1.33. The monoisotopic (exact) mass is 261 g/mol. The zero-order chi connectivity index (χ0) is 12.9. The van der Waals surface area contributed by atoms with E-state index in [1.54, 1.807) is 0 Å². The lowest BCUT2D eigenvalue weighted by Crippen LogP contribution is -2.53. The number of hydrogen-bond acceptors (Lipinski definition) is 3. The third-order valence-corrected chi connectivity index (χ3v) is 6.38. The van der Waals surface area contributed by atoms with Gasteiger partial charge in [0.05, 0.1) is 12.6 Å². The second-order valence-corrected chi connectivity index (χ2v) is 7.49. The Bertz CT molecular complexity index is 380. The fourth-order valence-electron chi connectivity index (χ4n) is 4.68. The van der Waals surface area contributed by atoms with Crippen LogP contribution in [0.3, 0.4) is 0 Å². The minimum atomic E-state index is 0.706. The van der Waals surface area contributed by atoms with Crippen molar-refractivity contribution in [3.63, 3.8) is 0 Å². The minimum Gasteiger partial charge on any atom is -0.356 e. The van der Waals surface area contributed by atoms with Gasteiger partial charge >= 0.3 is 0 Å². The predicted molar refractivity (Wildman–Crippen MR) is 78.2 cm³/mol. The molecule has 3 unspecified atom stereocenters. The summed E-state index contributed by atoms with van der Waals surface area (Å²) < 4.78 is 0. The fraction of sp³-hybridized carbons (Fsp3) is 0.938. The van der Waals surface area contributed by atoms with Gasteiger partial charge in [0.2, 0.25) is 0 Å². The van der Waals surface area contributed by atoms with Gasteiger partial charge in [-0.15, -0.1) is 0 Å². The molecule has 1 saturated heterocycles. The second-order valence-electron chi connectivity index (χ2n) is 7.49. The van der Waals surface area contributed by atoms with Crippen LogP contribution in [0, 0.1) is 17.3 Å². The highest BCUT2D eigenvalue weighted by atomic mass is 15.4. The van der Waals surface area contributed by atoms with E-state index in [1.807, 2.05) is 0 Å². The Hall–Kier alpha value is -0.730. The molecule has 3 nitrogen and oxygen atoms in total. The van der Waals surface area contributed by atoms with E-state index in [1.165, 1.54) is 64.0 Å². The largest absolute Gasteiger partial charge is 0.356 e. The molecule has 3 atom stereocenters. The van der Waals surface area contributed by atoms with Crippen LogP contribution in [0.5, 0.6) is 0 Å². The zero-order valence-electron chi connectivity index (χ0n) is 12.2. The molecule has 1 N–H and O–H groups in total. The first-order chi connectivity index (χ1) is 9.27. The second kappa shape index (κ2) is 4.39. The molecule has 106 valence electrons. The van der Waals surface area contributed by atoms with Crippen molar-refractivity contribution in [2.45, 2.75) is 57.9 Å². The van der Waals surface area contributed by atoms with E-state index in [-0.39, 0.29) is 0 Å². The SMILES string of the molecule is CC1CCC2CN=C(NCC3CCC34CCC4)N2C1. The average Bonchev–Trinajstić information content (AvgIpc) is 2.69. The Kier molecular flexibility index (Phi) is 2.78. The molecule has 19 heavy (non-hydrogen) atoms. The Labute approximate surface area is 116 Å². The maximum absolute atomic E-state index is 4.77. The molecule has 4 rings (SSSR count). The van der Waals surface area contributed by atoms with Gasteiger partial charge in [-0.1, -0.05) is 13.3 Å². The molecular weight excluding hydrogens is 234 g/mol. The third kappa shape index (κ3) is 1.88. The van der Waals surface area contributed by atoms with Gasteiger partial charge in [-0.3, -0.25) is 4.99 Å². The lowest BCUT2D eigenvalue weighted by molar-refractivity contribution is -0.0455. The van der Waals surface area contributed by atoms with Crippen LogP contribution >= 0.6 is 0 Å². The van der Waals surface area contributed by atoms with Crippen molar-refractivity contribution >= 4 is 5.96 Å². The molecule has 2 saturated carbocycles. The van der Waals surface area contributed by atoms with E-state index >= 15 is 0 Å². The van der Waals surface area contributed by atoms with Gasteiger partial charge < -0.3 is 10.2 Å². The van der Waals surface area contributed by atoms with E-state index in [0.29, 0.717) is 6.04 Å². The Morgan fingerprint density at radius 1 is 1.26 bits per heavy atom. The summed E-state index contributed by atoms with van der Waals surface area (Å²) in [4.78, 5) is 7.32. The van der Waals surface area contributed by atoms with E-state index < -0.39 is 0 Å². The number of aliphatic imine (C=N–C) groups is 1. The van der Waals surface area contributed by atoms with Crippen molar-refractivity contribution in [1.29, 1.82) is 0 Å². The van der Waals surface area contributed by atoms with Crippen molar-refractivity contribution in [1.82, 2.24) is 10.2 Å². The maximum Gasteiger partial charge on any atom is 0.194 e. The van der Waals surface area contributed by atoms with Crippen LogP contribution < -0.4 is 5.32 Å². The van der Waals surface area contributed by atoms with Crippen molar-refractivity contribution in [3.05, 3.63) is 0 Å². The van der Waals surface area contributed by atoms with Crippen LogP contribution in [-0.2, 0) is 0 Å². The van der Waals surface area contributed by atoms with E-state index in [2.05, 4.69) is 17.1 Å². The molecule has 0 aromatic heterocycles. The molecule has 2 aliphatic carbocycles. The fourth-order valence-corrected chi connectivity index (χ4v) is 4.68. The predicted octanol–water partition coefficient (Wildman–Crippen LogP) is 2.63. The lowest BCUT2D eigenvalue weighted by atomic mass is 9.50. The summed E-state index contributed by atoms with van der Waals surface area (Å²) >= 11 is 0. The van der Waals surface area contributed by atoms with Crippen molar-refractivity contribution in [2.24, 2.45) is 22.2 Å². The van der Waals surface area contributed by atoms with Gasteiger partial charge in [0.25, 0.3) is 0 Å². The van der Waals surface area contributed by atoms with Gasteiger partial charge in [0.1, 0.15) is 0 Å². The number of hydrogen-bond donors (Lipinski definition) is 1. The molecule has 2 heterocycles. The van der Waals surface area contributed by atoms with Crippen molar-refractivity contribution in [2.75, 3.05) is 19.6 Å². The summed E-state index contributed by atoms with van der Waals surface area (Å²) in [5, 5.41) is 3.70. The molecule has 3 fully saturated rings. The highest BCUT2D eigenvalue weighted by Crippen LogP contribution is 2.59. The summed E-state index contributed by atoms with van der Waals surface area (Å²) in [7, 11) is 0. The summed E-state index contributed by atoms with van der Waals surface area (Å²) in [5.74, 6) is 2.99. The third-order valence-electron chi connectivity index (χ3n) is 6.38.